The topological polar surface area (TPSA) is 51.2 Å². The van der Waals surface area contributed by atoms with Crippen LogP contribution >= 0.6 is 0 Å². The van der Waals surface area contributed by atoms with Crippen LogP contribution in [0.2, 0.25) is 0 Å². The van der Waals surface area contributed by atoms with E-state index in [1.54, 1.807) is 0 Å². The predicted molar refractivity (Wildman–Crippen MR) is 2.06 cm³/mol. The predicted octanol–water partition coefficient (Wildman–Crippen LogP) is -0.364. The second kappa shape index (κ2) is 16.6. The van der Waals surface area contributed by atoms with Gasteiger partial charge in [-0.3, -0.25) is 0 Å². The Bertz CT molecular complexity index is 40.1. The van der Waals surface area contributed by atoms with Gasteiger partial charge >= 0.3 is 54.6 Å². The maximum absolute atomic E-state index is 9.15. The zero-order valence-electron chi connectivity index (χ0n) is 2.55. The van der Waals surface area contributed by atoms with Crippen molar-refractivity contribution in [3.8, 4) is 0 Å². The van der Waals surface area contributed by atoms with Gasteiger partial charge in [0.25, 0.3) is 0 Å². The molecule has 0 aromatic carbocycles. The zero-order chi connectivity index (χ0) is 5.41. The van der Waals surface area contributed by atoms with Gasteiger partial charge in [-0.05, 0) is 0 Å². The second-order valence-electron chi connectivity index (χ2n) is 0.183. The third-order valence-electron chi connectivity index (χ3n) is 0.0373. The Kier molecular flexibility index (Phi) is 28.0. The van der Waals surface area contributed by atoms with Gasteiger partial charge < -0.3 is 0 Å². The van der Waals surface area contributed by atoms with Crippen LogP contribution < -0.4 is 0 Å². The minimum atomic E-state index is -1.76. The number of rotatable bonds is 1. The van der Waals surface area contributed by atoms with Crippen LogP contribution in [0, 0.1) is 0 Å². The molecular weight excluding hydrogens is 236 g/mol. The van der Waals surface area contributed by atoms with Gasteiger partial charge in [0.15, 0.2) is 0 Å². The molecule has 0 unspecified atom stereocenters. The van der Waals surface area contributed by atoms with Gasteiger partial charge in [-0.1, -0.05) is 0 Å². The third-order valence-corrected chi connectivity index (χ3v) is 0.798. The van der Waals surface area contributed by atoms with E-state index in [1.807, 2.05) is 0 Å². The molecule has 41 valence electrons. The monoisotopic (exact) mass is 233 g/mol. The molecular formula is CuNiO3Zn. The van der Waals surface area contributed by atoms with Crippen molar-refractivity contribution in [2.75, 3.05) is 0 Å². The summed E-state index contributed by atoms with van der Waals surface area (Å²) in [6, 6.07) is 0. The van der Waals surface area contributed by atoms with Crippen LogP contribution in [0.1, 0.15) is 0 Å². The first kappa shape index (κ1) is 10.1. The van der Waals surface area contributed by atoms with E-state index < -0.39 is 15.2 Å². The van der Waals surface area contributed by atoms with E-state index >= 15 is 0 Å². The van der Waals surface area contributed by atoms with Crippen molar-refractivity contribution in [3.05, 3.63) is 0 Å². The normalized spacial score (nSPS) is 5.00. The summed E-state index contributed by atoms with van der Waals surface area (Å²) in [7, 11) is 0. The molecule has 6 heavy (non-hydrogen) atoms. The van der Waals surface area contributed by atoms with Gasteiger partial charge in [-0.25, -0.2) is 0 Å². The fraction of sp³-hybridized carbons (Fsp3) is 0. The summed E-state index contributed by atoms with van der Waals surface area (Å²) in [5.41, 5.74) is 0. The summed E-state index contributed by atoms with van der Waals surface area (Å²) in [4.78, 5) is 0. The Morgan fingerprint density at radius 1 is 1.50 bits per heavy atom. The van der Waals surface area contributed by atoms with Crippen molar-refractivity contribution < 1.29 is 54.6 Å². The molecule has 0 saturated heterocycles. The molecule has 0 N–H and O–H groups in total. The van der Waals surface area contributed by atoms with Crippen LogP contribution in [0.5, 0.6) is 0 Å². The van der Waals surface area contributed by atoms with E-state index in [9.17, 15) is 0 Å². The molecule has 0 heterocycles. The summed E-state index contributed by atoms with van der Waals surface area (Å²) in [6.07, 6.45) is 0. The van der Waals surface area contributed by atoms with Crippen LogP contribution in [-0.4, -0.2) is 0 Å². The van der Waals surface area contributed by atoms with Gasteiger partial charge in [0, 0.05) is 0 Å². The molecule has 0 fully saturated rings. The average Bonchev–Trinajstić information content (AvgIpc) is 1.72. The summed E-state index contributed by atoms with van der Waals surface area (Å²) in [5, 5.41) is 0. The molecule has 0 atom stereocenters. The van der Waals surface area contributed by atoms with Gasteiger partial charge in [-0.2, -0.15) is 0 Å². The van der Waals surface area contributed by atoms with Crippen LogP contribution in [0.25, 0.3) is 0 Å². The molecule has 0 aliphatic rings. The first-order valence-electron chi connectivity index (χ1n) is 0.764. The summed E-state index contributed by atoms with van der Waals surface area (Å²) in [5.74, 6) is 0. The summed E-state index contributed by atoms with van der Waals surface area (Å²) < 4.78 is 26.0. The fourth-order valence-corrected chi connectivity index (χ4v) is 0. The molecule has 0 amide bonds. The van der Waals surface area contributed by atoms with E-state index in [4.69, 9.17) is 11.3 Å². The van der Waals surface area contributed by atoms with Crippen molar-refractivity contribution in [1.29, 1.82) is 0 Å². The molecule has 0 aromatic heterocycles. The maximum atomic E-state index is 9.15. The third kappa shape index (κ3) is 19.8. The SMILES string of the molecule is [O]=[Cu].[O]=[Ni][Zn]=[O]. The van der Waals surface area contributed by atoms with Crippen molar-refractivity contribution in [2.45, 2.75) is 0 Å². The second-order valence-corrected chi connectivity index (χ2v) is 3.91. The van der Waals surface area contributed by atoms with E-state index in [1.165, 1.54) is 0 Å². The quantitative estimate of drug-likeness (QED) is 0.583. The summed E-state index contributed by atoms with van der Waals surface area (Å²) in [6.45, 7) is 0. The molecule has 0 aromatic rings. The molecule has 0 bridgehead atoms. The van der Waals surface area contributed by atoms with Gasteiger partial charge in [0.1, 0.15) is 0 Å². The van der Waals surface area contributed by atoms with Crippen molar-refractivity contribution in [2.24, 2.45) is 0 Å². The Hall–Kier alpha value is 1.04. The van der Waals surface area contributed by atoms with Gasteiger partial charge in [0.05, 0.1) is 0 Å². The van der Waals surface area contributed by atoms with Gasteiger partial charge in [0.2, 0.25) is 0 Å². The molecule has 6 heteroatoms. The van der Waals surface area contributed by atoms with Crippen molar-refractivity contribution in [1.82, 2.24) is 0 Å². The molecule has 0 radical (unpaired) electrons. The van der Waals surface area contributed by atoms with Crippen LogP contribution in [0.3, 0.4) is 0 Å². The summed E-state index contributed by atoms with van der Waals surface area (Å²) >= 11 is 1.28. The zero-order valence-corrected chi connectivity index (χ0v) is 7.45. The van der Waals surface area contributed by atoms with Crippen molar-refractivity contribution in [3.63, 3.8) is 0 Å². The first-order chi connectivity index (χ1) is 2.91. The number of hydrogen-bond acceptors (Lipinski definition) is 3. The van der Waals surface area contributed by atoms with E-state index in [2.05, 4.69) is 15.9 Å². The average molecular weight is 236 g/mol. The molecule has 0 saturated carbocycles. The van der Waals surface area contributed by atoms with E-state index in [-0.39, 0.29) is 12.1 Å². The molecule has 0 spiro atoms. The standard InChI is InChI=1S/Cu.Ni.3O.Zn. The number of hydrogen-bond donors (Lipinski definition) is 0. The molecule has 0 rings (SSSR count). The Balaban J connectivity index is 0. The van der Waals surface area contributed by atoms with Crippen LogP contribution in [-0.2, 0) is 54.6 Å². The van der Waals surface area contributed by atoms with Gasteiger partial charge in [-0.15, -0.1) is 0 Å². The van der Waals surface area contributed by atoms with E-state index in [0.29, 0.717) is 0 Å². The minimum absolute atomic E-state index is 0.104. The molecule has 3 nitrogen and oxygen atoms in total. The molecule has 0 aliphatic heterocycles. The first-order valence-corrected chi connectivity index (χ1v) is 7.33. The van der Waals surface area contributed by atoms with Crippen molar-refractivity contribution >= 4 is 0 Å². The van der Waals surface area contributed by atoms with Crippen LogP contribution in [0.15, 0.2) is 0 Å². The Morgan fingerprint density at radius 3 is 1.67 bits per heavy atom. The Labute approximate surface area is 54.4 Å². The Morgan fingerprint density at radius 2 is 1.67 bits per heavy atom. The van der Waals surface area contributed by atoms with E-state index in [0.717, 1.165) is 0 Å². The van der Waals surface area contributed by atoms with Crippen LogP contribution in [0.4, 0.5) is 0 Å². The fourth-order valence-electron chi connectivity index (χ4n) is 0. The molecule has 0 aliphatic carbocycles.